The maximum absolute atomic E-state index is 11.8. The SMILES string of the molecule is CCCC(=O)N1CC2(CCN(CC(C)C)CC2)C1. The van der Waals surface area contributed by atoms with Crippen molar-refractivity contribution in [3.8, 4) is 0 Å². The molecule has 3 nitrogen and oxygen atoms in total. The average Bonchev–Trinajstić information content (AvgIpc) is 2.27. The van der Waals surface area contributed by atoms with E-state index in [9.17, 15) is 4.79 Å². The minimum atomic E-state index is 0.368. The maximum atomic E-state index is 11.8. The molecule has 0 N–H and O–H groups in total. The van der Waals surface area contributed by atoms with E-state index in [1.165, 1.54) is 32.5 Å². The van der Waals surface area contributed by atoms with E-state index < -0.39 is 0 Å². The summed E-state index contributed by atoms with van der Waals surface area (Å²) in [5.74, 6) is 1.14. The number of amides is 1. The Hall–Kier alpha value is -0.570. The summed E-state index contributed by atoms with van der Waals surface area (Å²) < 4.78 is 0. The number of carbonyl (C=O) groups excluding carboxylic acids is 1. The highest BCUT2D eigenvalue weighted by Crippen LogP contribution is 2.40. The fourth-order valence-electron chi connectivity index (χ4n) is 3.35. The molecule has 0 aromatic rings. The Kier molecular flexibility index (Phi) is 4.31. The van der Waals surface area contributed by atoms with Crippen molar-refractivity contribution in [3.63, 3.8) is 0 Å². The van der Waals surface area contributed by atoms with Gasteiger partial charge in [0.2, 0.25) is 5.91 Å². The second-order valence-corrected chi connectivity index (χ2v) is 6.69. The van der Waals surface area contributed by atoms with Gasteiger partial charge in [-0.25, -0.2) is 0 Å². The summed E-state index contributed by atoms with van der Waals surface area (Å²) in [6.45, 7) is 12.4. The average molecular weight is 252 g/mol. The van der Waals surface area contributed by atoms with Crippen LogP contribution in [0.5, 0.6) is 0 Å². The van der Waals surface area contributed by atoms with Gasteiger partial charge in [0.15, 0.2) is 0 Å². The van der Waals surface area contributed by atoms with Crippen molar-refractivity contribution < 1.29 is 4.79 Å². The molecular weight excluding hydrogens is 224 g/mol. The molecule has 0 bridgehead atoms. The lowest BCUT2D eigenvalue weighted by atomic mass is 9.71. The third-order valence-electron chi connectivity index (χ3n) is 4.41. The Bertz CT molecular complexity index is 285. The van der Waals surface area contributed by atoms with Gasteiger partial charge in [0.05, 0.1) is 0 Å². The van der Waals surface area contributed by atoms with Crippen LogP contribution in [0.4, 0.5) is 0 Å². The van der Waals surface area contributed by atoms with E-state index in [1.807, 2.05) is 0 Å². The predicted molar refractivity (Wildman–Crippen MR) is 74.4 cm³/mol. The van der Waals surface area contributed by atoms with Gasteiger partial charge < -0.3 is 9.80 Å². The van der Waals surface area contributed by atoms with Gasteiger partial charge in [-0.15, -0.1) is 0 Å². The number of rotatable bonds is 4. The number of carbonyl (C=O) groups is 1. The molecule has 2 rings (SSSR count). The highest BCUT2D eigenvalue weighted by molar-refractivity contribution is 5.77. The Morgan fingerprint density at radius 3 is 2.33 bits per heavy atom. The van der Waals surface area contributed by atoms with E-state index in [0.717, 1.165) is 31.8 Å². The third kappa shape index (κ3) is 3.05. The van der Waals surface area contributed by atoms with Gasteiger partial charge in [-0.1, -0.05) is 20.8 Å². The molecule has 0 unspecified atom stereocenters. The topological polar surface area (TPSA) is 23.6 Å². The lowest BCUT2D eigenvalue weighted by Gasteiger charge is -2.54. The molecule has 0 radical (unpaired) electrons. The van der Waals surface area contributed by atoms with Crippen LogP contribution in [0.1, 0.15) is 46.5 Å². The largest absolute Gasteiger partial charge is 0.341 e. The molecule has 0 aliphatic carbocycles. The molecule has 2 fully saturated rings. The number of nitrogens with zero attached hydrogens (tertiary/aromatic N) is 2. The molecule has 104 valence electrons. The summed E-state index contributed by atoms with van der Waals surface area (Å²) in [4.78, 5) is 16.4. The number of hydrogen-bond acceptors (Lipinski definition) is 2. The summed E-state index contributed by atoms with van der Waals surface area (Å²) in [5, 5.41) is 0. The van der Waals surface area contributed by atoms with Gasteiger partial charge in [-0.05, 0) is 38.3 Å². The monoisotopic (exact) mass is 252 g/mol. The summed E-state index contributed by atoms with van der Waals surface area (Å²) >= 11 is 0. The fourth-order valence-corrected chi connectivity index (χ4v) is 3.35. The van der Waals surface area contributed by atoms with Gasteiger partial charge in [0.25, 0.3) is 0 Å². The van der Waals surface area contributed by atoms with Crippen LogP contribution in [0.2, 0.25) is 0 Å². The highest BCUT2D eigenvalue weighted by atomic mass is 16.2. The molecule has 0 atom stereocenters. The minimum Gasteiger partial charge on any atom is -0.341 e. The summed E-state index contributed by atoms with van der Waals surface area (Å²) in [6.07, 6.45) is 4.28. The lowest BCUT2D eigenvalue weighted by molar-refractivity contribution is -0.146. The van der Waals surface area contributed by atoms with Crippen molar-refractivity contribution in [1.29, 1.82) is 0 Å². The van der Waals surface area contributed by atoms with Crippen LogP contribution in [0.25, 0.3) is 0 Å². The zero-order valence-corrected chi connectivity index (χ0v) is 12.2. The molecule has 18 heavy (non-hydrogen) atoms. The standard InChI is InChI=1S/C15H28N2O/c1-4-5-14(18)17-11-15(12-17)6-8-16(9-7-15)10-13(2)3/h13H,4-12H2,1-3H3. The molecule has 1 spiro atoms. The molecule has 0 aromatic carbocycles. The van der Waals surface area contributed by atoms with E-state index in [-0.39, 0.29) is 0 Å². The van der Waals surface area contributed by atoms with E-state index in [1.54, 1.807) is 0 Å². The summed E-state index contributed by atoms with van der Waals surface area (Å²) in [5.41, 5.74) is 0.483. The zero-order valence-electron chi connectivity index (χ0n) is 12.2. The van der Waals surface area contributed by atoms with E-state index >= 15 is 0 Å². The van der Waals surface area contributed by atoms with Crippen LogP contribution in [-0.4, -0.2) is 48.4 Å². The first-order valence-electron chi connectivity index (χ1n) is 7.55. The molecule has 1 amide bonds. The first-order valence-corrected chi connectivity index (χ1v) is 7.55. The molecule has 2 aliphatic rings. The van der Waals surface area contributed by atoms with Crippen LogP contribution in [0.3, 0.4) is 0 Å². The number of piperidine rings is 1. The molecule has 3 heteroatoms. The van der Waals surface area contributed by atoms with Crippen molar-refractivity contribution in [2.75, 3.05) is 32.7 Å². The van der Waals surface area contributed by atoms with Crippen LogP contribution in [-0.2, 0) is 4.79 Å². The van der Waals surface area contributed by atoms with Gasteiger partial charge in [-0.3, -0.25) is 4.79 Å². The first-order chi connectivity index (χ1) is 8.54. The van der Waals surface area contributed by atoms with Crippen molar-refractivity contribution in [2.45, 2.75) is 46.5 Å². The smallest absolute Gasteiger partial charge is 0.222 e. The van der Waals surface area contributed by atoms with Gasteiger partial charge in [-0.2, -0.15) is 0 Å². The molecule has 2 aliphatic heterocycles. The Morgan fingerprint density at radius 2 is 1.83 bits per heavy atom. The molecule has 0 saturated carbocycles. The van der Waals surface area contributed by atoms with E-state index in [2.05, 4.69) is 30.6 Å². The van der Waals surface area contributed by atoms with Gasteiger partial charge in [0.1, 0.15) is 0 Å². The summed E-state index contributed by atoms with van der Waals surface area (Å²) in [7, 11) is 0. The minimum absolute atomic E-state index is 0.368. The molecule has 0 aromatic heterocycles. The van der Waals surface area contributed by atoms with Crippen molar-refractivity contribution in [3.05, 3.63) is 0 Å². The first kappa shape index (κ1) is 13.9. The van der Waals surface area contributed by atoms with Gasteiger partial charge >= 0.3 is 0 Å². The molecular formula is C15H28N2O. The summed E-state index contributed by atoms with van der Waals surface area (Å²) in [6, 6.07) is 0. The Morgan fingerprint density at radius 1 is 1.22 bits per heavy atom. The quantitative estimate of drug-likeness (QED) is 0.767. The van der Waals surface area contributed by atoms with E-state index in [0.29, 0.717) is 11.3 Å². The fraction of sp³-hybridized carbons (Fsp3) is 0.933. The second kappa shape index (κ2) is 5.60. The normalized spacial score (nSPS) is 23.4. The van der Waals surface area contributed by atoms with Crippen LogP contribution in [0, 0.1) is 11.3 Å². The number of hydrogen-bond donors (Lipinski definition) is 0. The third-order valence-corrected chi connectivity index (χ3v) is 4.41. The number of likely N-dealkylation sites (tertiary alicyclic amines) is 2. The zero-order chi connectivity index (χ0) is 13.2. The Labute approximate surface area is 112 Å². The molecule has 2 heterocycles. The molecule has 2 saturated heterocycles. The van der Waals surface area contributed by atoms with Crippen molar-refractivity contribution in [1.82, 2.24) is 9.80 Å². The van der Waals surface area contributed by atoms with Crippen LogP contribution in [0.15, 0.2) is 0 Å². The second-order valence-electron chi connectivity index (χ2n) is 6.69. The van der Waals surface area contributed by atoms with Crippen molar-refractivity contribution in [2.24, 2.45) is 11.3 Å². The Balaban J connectivity index is 1.73. The lowest BCUT2D eigenvalue weighted by Crippen LogP contribution is -2.61. The van der Waals surface area contributed by atoms with Crippen LogP contribution >= 0.6 is 0 Å². The highest BCUT2D eigenvalue weighted by Gasteiger charge is 2.46. The van der Waals surface area contributed by atoms with E-state index in [4.69, 9.17) is 0 Å². The van der Waals surface area contributed by atoms with Gasteiger partial charge in [0, 0.05) is 31.5 Å². The van der Waals surface area contributed by atoms with Crippen molar-refractivity contribution >= 4 is 5.91 Å². The maximum Gasteiger partial charge on any atom is 0.222 e. The predicted octanol–water partition coefficient (Wildman–Crippen LogP) is 2.37. The van der Waals surface area contributed by atoms with Crippen LogP contribution < -0.4 is 0 Å².